The maximum absolute atomic E-state index is 12.7. The van der Waals surface area contributed by atoms with Gasteiger partial charge in [0, 0.05) is 18.1 Å². The summed E-state index contributed by atoms with van der Waals surface area (Å²) >= 11 is 8.54. The van der Waals surface area contributed by atoms with E-state index >= 15 is 0 Å². The van der Waals surface area contributed by atoms with Gasteiger partial charge in [0.15, 0.2) is 0 Å². The topological polar surface area (TPSA) is 46.3 Å². The lowest BCUT2D eigenvalue weighted by molar-refractivity contribution is -0.143. The highest BCUT2D eigenvalue weighted by Gasteiger charge is 2.51. The van der Waals surface area contributed by atoms with E-state index in [1.165, 1.54) is 0 Å². The number of nitrogens with two attached hydrogens (primary N) is 1. The highest BCUT2D eigenvalue weighted by Crippen LogP contribution is 2.47. The number of amides is 1. The van der Waals surface area contributed by atoms with E-state index in [0.717, 1.165) is 22.9 Å². The van der Waals surface area contributed by atoms with Gasteiger partial charge >= 0.3 is 0 Å². The standard InChI is InChI=1S/C15H19BrN2OS/c1-10-7-15(8-10,13(17)20)14(19)18(2)9-11-3-5-12(16)6-4-11/h3-6,10H,7-9H2,1-2H3,(H2,17,20). The van der Waals surface area contributed by atoms with E-state index in [1.54, 1.807) is 4.90 Å². The third-order valence-electron chi connectivity index (χ3n) is 3.95. The second kappa shape index (κ2) is 5.82. The summed E-state index contributed by atoms with van der Waals surface area (Å²) in [5, 5.41) is 0. The fraction of sp³-hybridized carbons (Fsp3) is 0.467. The summed E-state index contributed by atoms with van der Waals surface area (Å²) in [6.45, 7) is 2.70. The SMILES string of the molecule is CC1CC(C(=O)N(C)Cc2ccc(Br)cc2)(C(N)=S)C1. The molecule has 1 fully saturated rings. The average molecular weight is 355 g/mol. The maximum Gasteiger partial charge on any atom is 0.235 e. The molecule has 1 amide bonds. The van der Waals surface area contributed by atoms with E-state index < -0.39 is 5.41 Å². The minimum absolute atomic E-state index is 0.0472. The number of nitrogens with zero attached hydrogens (tertiary/aromatic N) is 1. The molecule has 1 aromatic rings. The van der Waals surface area contributed by atoms with Crippen LogP contribution in [0.4, 0.5) is 0 Å². The minimum atomic E-state index is -0.612. The van der Waals surface area contributed by atoms with Crippen molar-refractivity contribution < 1.29 is 4.79 Å². The van der Waals surface area contributed by atoms with Gasteiger partial charge in [0.05, 0.1) is 10.4 Å². The molecule has 0 atom stereocenters. The summed E-state index contributed by atoms with van der Waals surface area (Å²) in [6.07, 6.45) is 1.54. The first-order valence-electron chi connectivity index (χ1n) is 6.65. The molecule has 1 aromatic carbocycles. The normalized spacial score (nSPS) is 24.9. The number of carbonyl (C=O) groups is 1. The summed E-state index contributed by atoms with van der Waals surface area (Å²) in [5.41, 5.74) is 6.30. The molecule has 0 aromatic heterocycles. The average Bonchev–Trinajstić information content (AvgIpc) is 2.36. The number of benzene rings is 1. The fourth-order valence-corrected chi connectivity index (χ4v) is 3.43. The predicted octanol–water partition coefficient (Wildman–Crippen LogP) is 3.11. The molecule has 20 heavy (non-hydrogen) atoms. The van der Waals surface area contributed by atoms with Crippen molar-refractivity contribution in [1.29, 1.82) is 0 Å². The Hall–Kier alpha value is -0.940. The molecule has 5 heteroatoms. The van der Waals surface area contributed by atoms with Crippen LogP contribution in [-0.4, -0.2) is 22.8 Å². The highest BCUT2D eigenvalue weighted by molar-refractivity contribution is 9.10. The van der Waals surface area contributed by atoms with Crippen molar-refractivity contribution in [3.63, 3.8) is 0 Å². The van der Waals surface area contributed by atoms with Crippen molar-refractivity contribution in [2.75, 3.05) is 7.05 Å². The van der Waals surface area contributed by atoms with Crippen molar-refractivity contribution >= 4 is 39.0 Å². The molecular formula is C15H19BrN2OS. The third kappa shape index (κ3) is 2.88. The van der Waals surface area contributed by atoms with Crippen LogP contribution in [0.1, 0.15) is 25.3 Å². The monoisotopic (exact) mass is 354 g/mol. The lowest BCUT2D eigenvalue weighted by Gasteiger charge is -2.46. The maximum atomic E-state index is 12.7. The second-order valence-corrected chi connectivity index (χ2v) is 7.10. The molecule has 108 valence electrons. The molecule has 0 unspecified atom stereocenters. The van der Waals surface area contributed by atoms with Gasteiger partial charge in [-0.25, -0.2) is 0 Å². The van der Waals surface area contributed by atoms with Gasteiger partial charge in [-0.1, -0.05) is 47.2 Å². The van der Waals surface area contributed by atoms with E-state index in [0.29, 0.717) is 17.5 Å². The molecule has 0 spiro atoms. The van der Waals surface area contributed by atoms with Crippen LogP contribution in [0.15, 0.2) is 28.7 Å². The Morgan fingerprint density at radius 3 is 2.45 bits per heavy atom. The Balaban J connectivity index is 2.08. The summed E-state index contributed by atoms with van der Waals surface area (Å²) < 4.78 is 1.03. The van der Waals surface area contributed by atoms with Gasteiger partial charge in [0.25, 0.3) is 0 Å². The van der Waals surface area contributed by atoms with Crippen molar-refractivity contribution in [1.82, 2.24) is 4.90 Å². The van der Waals surface area contributed by atoms with Crippen LogP contribution in [0.25, 0.3) is 0 Å². The van der Waals surface area contributed by atoms with E-state index in [4.69, 9.17) is 18.0 Å². The van der Waals surface area contributed by atoms with E-state index in [-0.39, 0.29) is 5.91 Å². The quantitative estimate of drug-likeness (QED) is 0.845. The molecule has 0 aliphatic heterocycles. The Kier molecular flexibility index (Phi) is 4.49. The first kappa shape index (κ1) is 15.4. The minimum Gasteiger partial charge on any atom is -0.392 e. The van der Waals surface area contributed by atoms with Crippen molar-refractivity contribution in [3.8, 4) is 0 Å². The number of carbonyl (C=O) groups excluding carboxylic acids is 1. The zero-order valence-electron chi connectivity index (χ0n) is 11.7. The van der Waals surface area contributed by atoms with Gasteiger partial charge in [-0.3, -0.25) is 4.79 Å². The van der Waals surface area contributed by atoms with Crippen molar-refractivity contribution in [2.24, 2.45) is 17.1 Å². The molecule has 2 N–H and O–H groups in total. The van der Waals surface area contributed by atoms with Gasteiger partial charge in [0.2, 0.25) is 5.91 Å². The molecule has 3 nitrogen and oxygen atoms in total. The lowest BCUT2D eigenvalue weighted by Crippen LogP contribution is -2.56. The highest BCUT2D eigenvalue weighted by atomic mass is 79.9. The molecule has 2 rings (SSSR count). The van der Waals surface area contributed by atoms with Crippen LogP contribution in [-0.2, 0) is 11.3 Å². The largest absolute Gasteiger partial charge is 0.392 e. The summed E-state index contributed by atoms with van der Waals surface area (Å²) in [6, 6.07) is 7.96. The summed E-state index contributed by atoms with van der Waals surface area (Å²) in [7, 11) is 1.81. The predicted molar refractivity (Wildman–Crippen MR) is 88.2 cm³/mol. The molecule has 0 bridgehead atoms. The Bertz CT molecular complexity index is 523. The van der Waals surface area contributed by atoms with E-state index in [9.17, 15) is 4.79 Å². The smallest absolute Gasteiger partial charge is 0.235 e. The number of thiocarbonyl (C=S) groups is 1. The number of rotatable bonds is 4. The Morgan fingerprint density at radius 2 is 2.00 bits per heavy atom. The van der Waals surface area contributed by atoms with Crippen molar-refractivity contribution in [2.45, 2.75) is 26.3 Å². The van der Waals surface area contributed by atoms with Crippen LogP contribution in [0.5, 0.6) is 0 Å². The lowest BCUT2D eigenvalue weighted by atomic mass is 9.61. The van der Waals surface area contributed by atoms with Crippen molar-refractivity contribution in [3.05, 3.63) is 34.3 Å². The van der Waals surface area contributed by atoms with Crippen LogP contribution in [0.3, 0.4) is 0 Å². The molecule has 1 aliphatic carbocycles. The number of hydrogen-bond donors (Lipinski definition) is 1. The van der Waals surface area contributed by atoms with Crippen LogP contribution in [0, 0.1) is 11.3 Å². The van der Waals surface area contributed by atoms with Gasteiger partial charge in [0.1, 0.15) is 0 Å². The van der Waals surface area contributed by atoms with Gasteiger partial charge < -0.3 is 10.6 Å². The summed E-state index contributed by atoms with van der Waals surface area (Å²) in [5.74, 6) is 0.563. The number of hydrogen-bond acceptors (Lipinski definition) is 2. The molecule has 0 saturated heterocycles. The number of halogens is 1. The van der Waals surface area contributed by atoms with E-state index in [2.05, 4.69) is 22.9 Å². The first-order valence-corrected chi connectivity index (χ1v) is 7.85. The third-order valence-corrected chi connectivity index (χ3v) is 4.87. The fourth-order valence-electron chi connectivity index (χ4n) is 2.91. The van der Waals surface area contributed by atoms with Crippen LogP contribution in [0.2, 0.25) is 0 Å². The van der Waals surface area contributed by atoms with Gasteiger partial charge in [-0.2, -0.15) is 0 Å². The molecule has 0 radical (unpaired) electrons. The van der Waals surface area contributed by atoms with Crippen LogP contribution < -0.4 is 5.73 Å². The second-order valence-electron chi connectivity index (χ2n) is 5.75. The molecule has 1 aliphatic rings. The molecule has 0 heterocycles. The Morgan fingerprint density at radius 1 is 1.45 bits per heavy atom. The van der Waals surface area contributed by atoms with E-state index in [1.807, 2.05) is 31.3 Å². The van der Waals surface area contributed by atoms with Gasteiger partial charge in [-0.15, -0.1) is 0 Å². The van der Waals surface area contributed by atoms with Gasteiger partial charge in [-0.05, 0) is 36.5 Å². The summed E-state index contributed by atoms with van der Waals surface area (Å²) in [4.78, 5) is 14.7. The zero-order valence-corrected chi connectivity index (χ0v) is 14.1. The van der Waals surface area contributed by atoms with Crippen LogP contribution >= 0.6 is 28.1 Å². The molecular weight excluding hydrogens is 336 g/mol. The molecule has 1 saturated carbocycles. The Labute approximate surface area is 133 Å². The first-order chi connectivity index (χ1) is 9.35. The zero-order chi connectivity index (χ0) is 14.9.